The minimum atomic E-state index is -4.79. The van der Waals surface area contributed by atoms with Crippen LogP contribution in [0.3, 0.4) is 0 Å². The van der Waals surface area contributed by atoms with Crippen LogP contribution in [-0.2, 0) is 27.4 Å². The molecule has 0 radical (unpaired) electrons. The summed E-state index contributed by atoms with van der Waals surface area (Å²) in [6, 6.07) is 7.92. The van der Waals surface area contributed by atoms with Gasteiger partial charge in [-0.25, -0.2) is 8.42 Å². The van der Waals surface area contributed by atoms with Gasteiger partial charge in [0, 0.05) is 11.4 Å². The average Bonchev–Trinajstić information content (AvgIpc) is 2.54. The largest absolute Gasteiger partial charge is 0.481 e. The lowest BCUT2D eigenvalue weighted by atomic mass is 10.1. The fraction of sp³-hybridized carbons (Fsp3) is 0.188. The van der Waals surface area contributed by atoms with Crippen LogP contribution >= 0.6 is 11.6 Å². The van der Waals surface area contributed by atoms with E-state index in [1.807, 2.05) is 4.72 Å². The first-order chi connectivity index (χ1) is 12.0. The summed E-state index contributed by atoms with van der Waals surface area (Å²) in [5.41, 5.74) is -1.25. The van der Waals surface area contributed by atoms with Crippen molar-refractivity contribution in [1.29, 1.82) is 0 Å². The molecule has 0 aliphatic carbocycles. The molecule has 0 unspecified atom stereocenters. The SMILES string of the molecule is O=C(O)CCc1ccc(S(=O)(=O)Nc2ccc(Cl)cc2C(F)(F)F)cc1. The number of nitrogens with one attached hydrogen (secondary N) is 1. The summed E-state index contributed by atoms with van der Waals surface area (Å²) in [5.74, 6) is -0.995. The number of carboxylic acids is 1. The van der Waals surface area contributed by atoms with Crippen molar-refractivity contribution in [3.05, 3.63) is 58.6 Å². The molecule has 2 aromatic carbocycles. The van der Waals surface area contributed by atoms with Gasteiger partial charge in [0.1, 0.15) is 0 Å². The molecule has 0 bridgehead atoms. The topological polar surface area (TPSA) is 83.5 Å². The quantitative estimate of drug-likeness (QED) is 0.752. The van der Waals surface area contributed by atoms with Crippen molar-refractivity contribution >= 4 is 33.3 Å². The van der Waals surface area contributed by atoms with Gasteiger partial charge in [0.15, 0.2) is 0 Å². The van der Waals surface area contributed by atoms with Crippen molar-refractivity contribution in [2.24, 2.45) is 0 Å². The summed E-state index contributed by atoms with van der Waals surface area (Å²) >= 11 is 5.56. The number of hydrogen-bond acceptors (Lipinski definition) is 3. The maximum Gasteiger partial charge on any atom is 0.418 e. The Kier molecular flexibility index (Phi) is 5.82. The molecule has 0 aliphatic rings. The zero-order valence-electron chi connectivity index (χ0n) is 13.0. The van der Waals surface area contributed by atoms with Gasteiger partial charge in [-0.3, -0.25) is 9.52 Å². The number of hydrogen-bond donors (Lipinski definition) is 2. The molecule has 2 aromatic rings. The highest BCUT2D eigenvalue weighted by Gasteiger charge is 2.35. The highest BCUT2D eigenvalue weighted by atomic mass is 35.5. The van der Waals surface area contributed by atoms with E-state index in [1.165, 1.54) is 24.3 Å². The van der Waals surface area contributed by atoms with E-state index in [-0.39, 0.29) is 22.8 Å². The van der Waals surface area contributed by atoms with Crippen LogP contribution in [0.15, 0.2) is 47.4 Å². The second-order valence-corrected chi connectivity index (χ2v) is 7.45. The zero-order valence-corrected chi connectivity index (χ0v) is 14.6. The lowest BCUT2D eigenvalue weighted by Gasteiger charge is -2.15. The molecule has 2 N–H and O–H groups in total. The molecule has 0 amide bonds. The van der Waals surface area contributed by atoms with Crippen LogP contribution in [0.1, 0.15) is 17.5 Å². The molecular weight excluding hydrogens is 395 g/mol. The number of sulfonamides is 1. The number of aryl methyl sites for hydroxylation is 1. The van der Waals surface area contributed by atoms with E-state index >= 15 is 0 Å². The van der Waals surface area contributed by atoms with Crippen molar-refractivity contribution < 1.29 is 31.5 Å². The number of rotatable bonds is 6. The van der Waals surface area contributed by atoms with Crippen LogP contribution in [0.2, 0.25) is 5.02 Å². The zero-order chi connectivity index (χ0) is 19.5. The summed E-state index contributed by atoms with van der Waals surface area (Å²) in [5, 5.41) is 8.45. The van der Waals surface area contributed by atoms with Crippen LogP contribution in [0.25, 0.3) is 0 Å². The number of alkyl halides is 3. The first kappa shape index (κ1) is 20.1. The van der Waals surface area contributed by atoms with Gasteiger partial charge < -0.3 is 5.11 Å². The Hall–Kier alpha value is -2.26. The molecular formula is C16H13ClF3NO4S. The van der Waals surface area contributed by atoms with Crippen molar-refractivity contribution in [3.63, 3.8) is 0 Å². The third-order valence-corrected chi connectivity index (χ3v) is 5.01. The molecule has 26 heavy (non-hydrogen) atoms. The van der Waals surface area contributed by atoms with E-state index < -0.39 is 33.4 Å². The van der Waals surface area contributed by atoms with Gasteiger partial charge in [0.05, 0.1) is 16.1 Å². The van der Waals surface area contributed by atoms with Crippen LogP contribution in [0, 0.1) is 0 Å². The lowest BCUT2D eigenvalue weighted by molar-refractivity contribution is -0.137. The molecule has 10 heteroatoms. The number of carboxylic acid groups (broad SMARTS) is 1. The molecule has 0 heterocycles. The second-order valence-electron chi connectivity index (χ2n) is 5.33. The van der Waals surface area contributed by atoms with Crippen LogP contribution in [-0.4, -0.2) is 19.5 Å². The number of carbonyl (C=O) groups is 1. The fourth-order valence-corrected chi connectivity index (χ4v) is 3.38. The lowest BCUT2D eigenvalue weighted by Crippen LogP contribution is -2.17. The predicted molar refractivity (Wildman–Crippen MR) is 89.7 cm³/mol. The monoisotopic (exact) mass is 407 g/mol. The molecule has 0 aromatic heterocycles. The van der Waals surface area contributed by atoms with E-state index in [4.69, 9.17) is 16.7 Å². The summed E-state index contributed by atoms with van der Waals surface area (Å²) in [4.78, 5) is 10.3. The Morgan fingerprint density at radius 3 is 2.27 bits per heavy atom. The van der Waals surface area contributed by atoms with Gasteiger partial charge in [0.25, 0.3) is 10.0 Å². The Morgan fingerprint density at radius 1 is 1.12 bits per heavy atom. The predicted octanol–water partition coefficient (Wildman–Crippen LogP) is 4.18. The van der Waals surface area contributed by atoms with Crippen molar-refractivity contribution in [2.45, 2.75) is 23.9 Å². The van der Waals surface area contributed by atoms with E-state index in [2.05, 4.69) is 0 Å². The van der Waals surface area contributed by atoms with Gasteiger partial charge in [-0.1, -0.05) is 23.7 Å². The van der Waals surface area contributed by atoms with Gasteiger partial charge in [-0.05, 0) is 42.3 Å². The molecule has 0 saturated heterocycles. The molecule has 5 nitrogen and oxygen atoms in total. The van der Waals surface area contributed by atoms with Gasteiger partial charge >= 0.3 is 12.1 Å². The van der Waals surface area contributed by atoms with Crippen LogP contribution in [0.4, 0.5) is 18.9 Å². The van der Waals surface area contributed by atoms with E-state index in [9.17, 15) is 26.4 Å². The normalized spacial score (nSPS) is 12.0. The summed E-state index contributed by atoms with van der Waals surface area (Å²) < 4.78 is 65.8. The minimum Gasteiger partial charge on any atom is -0.481 e. The van der Waals surface area contributed by atoms with Gasteiger partial charge in [0.2, 0.25) is 0 Å². The first-order valence-electron chi connectivity index (χ1n) is 7.19. The molecule has 0 saturated carbocycles. The number of halogens is 4. The maximum absolute atomic E-state index is 13.1. The van der Waals surface area contributed by atoms with E-state index in [1.54, 1.807) is 0 Å². The Morgan fingerprint density at radius 2 is 1.73 bits per heavy atom. The third kappa shape index (κ3) is 5.12. The Balaban J connectivity index is 2.28. The third-order valence-electron chi connectivity index (χ3n) is 3.39. The highest BCUT2D eigenvalue weighted by Crippen LogP contribution is 2.37. The summed E-state index contributed by atoms with van der Waals surface area (Å²) in [6.07, 6.45) is -4.70. The van der Waals surface area contributed by atoms with Crippen molar-refractivity contribution in [3.8, 4) is 0 Å². The number of aliphatic carboxylic acids is 1. The molecule has 2 rings (SSSR count). The van der Waals surface area contributed by atoms with Crippen LogP contribution in [0.5, 0.6) is 0 Å². The highest BCUT2D eigenvalue weighted by molar-refractivity contribution is 7.92. The van der Waals surface area contributed by atoms with Gasteiger partial charge in [-0.2, -0.15) is 13.2 Å². The molecule has 0 fully saturated rings. The molecule has 0 spiro atoms. The molecule has 140 valence electrons. The van der Waals surface area contributed by atoms with Crippen molar-refractivity contribution in [2.75, 3.05) is 4.72 Å². The standard InChI is InChI=1S/C16H13ClF3NO4S/c17-11-4-7-14(13(9-11)16(18,19)20)21-26(24,25)12-5-1-10(2-6-12)3-8-15(22)23/h1-2,4-7,9,21H,3,8H2,(H,22,23). The number of benzene rings is 2. The Bertz CT molecular complexity index is 912. The maximum atomic E-state index is 13.1. The van der Waals surface area contributed by atoms with Crippen LogP contribution < -0.4 is 4.72 Å². The minimum absolute atomic E-state index is 0.121. The van der Waals surface area contributed by atoms with Gasteiger partial charge in [-0.15, -0.1) is 0 Å². The molecule has 0 aliphatic heterocycles. The summed E-state index contributed by atoms with van der Waals surface area (Å²) in [7, 11) is -4.27. The number of anilines is 1. The Labute approximate surface area is 152 Å². The van der Waals surface area contributed by atoms with E-state index in [0.717, 1.165) is 12.1 Å². The smallest absolute Gasteiger partial charge is 0.418 e. The molecule has 0 atom stereocenters. The average molecular weight is 408 g/mol. The second kappa shape index (κ2) is 7.55. The van der Waals surface area contributed by atoms with E-state index in [0.29, 0.717) is 11.6 Å². The first-order valence-corrected chi connectivity index (χ1v) is 9.05. The fourth-order valence-electron chi connectivity index (χ4n) is 2.13. The van der Waals surface area contributed by atoms with Crippen molar-refractivity contribution in [1.82, 2.24) is 0 Å². The summed E-state index contributed by atoms with van der Waals surface area (Å²) in [6.45, 7) is 0.